The molecule has 2 fully saturated rings. The maximum Gasteiger partial charge on any atom is 0.230 e. The van der Waals surface area contributed by atoms with Gasteiger partial charge in [-0.25, -0.2) is 0 Å². The van der Waals surface area contributed by atoms with Gasteiger partial charge in [-0.1, -0.05) is 35.5 Å². The lowest BCUT2D eigenvalue weighted by atomic mass is 9.92. The summed E-state index contributed by atoms with van der Waals surface area (Å²) in [5.74, 6) is 2.03. The van der Waals surface area contributed by atoms with Gasteiger partial charge in [0.15, 0.2) is 0 Å². The lowest BCUT2D eigenvalue weighted by Crippen LogP contribution is -2.29. The van der Waals surface area contributed by atoms with E-state index >= 15 is 0 Å². The predicted octanol–water partition coefficient (Wildman–Crippen LogP) is 2.59. The third kappa shape index (κ3) is 1.87. The lowest BCUT2D eigenvalue weighted by Gasteiger charge is -2.22. The number of nitrogens with one attached hydrogen (secondary N) is 1. The lowest BCUT2D eigenvalue weighted by molar-refractivity contribution is 0.311. The molecule has 1 aromatic heterocycles. The molecule has 1 atom stereocenters. The highest BCUT2D eigenvalue weighted by Crippen LogP contribution is 2.63. The van der Waals surface area contributed by atoms with Crippen molar-refractivity contribution in [2.75, 3.05) is 13.1 Å². The van der Waals surface area contributed by atoms with Gasteiger partial charge in [-0.2, -0.15) is 4.98 Å². The van der Waals surface area contributed by atoms with Crippen LogP contribution in [0.3, 0.4) is 0 Å². The quantitative estimate of drug-likeness (QED) is 0.896. The van der Waals surface area contributed by atoms with E-state index in [9.17, 15) is 0 Å². The molecule has 4 rings (SSSR count). The third-order valence-corrected chi connectivity index (χ3v) is 4.56. The van der Waals surface area contributed by atoms with Gasteiger partial charge in [0.1, 0.15) is 0 Å². The van der Waals surface area contributed by atoms with E-state index in [1.807, 2.05) is 30.3 Å². The fourth-order valence-electron chi connectivity index (χ4n) is 3.26. The van der Waals surface area contributed by atoms with E-state index in [1.165, 1.54) is 19.3 Å². The Morgan fingerprint density at radius 2 is 1.95 bits per heavy atom. The molecule has 1 saturated carbocycles. The topological polar surface area (TPSA) is 51.0 Å². The van der Waals surface area contributed by atoms with Gasteiger partial charge in [0.2, 0.25) is 11.7 Å². The van der Waals surface area contributed by atoms with Crippen LogP contribution in [-0.4, -0.2) is 23.2 Å². The van der Waals surface area contributed by atoms with Crippen LogP contribution in [-0.2, 0) is 0 Å². The summed E-state index contributed by atoms with van der Waals surface area (Å²) in [7, 11) is 0. The van der Waals surface area contributed by atoms with Crippen LogP contribution in [0.2, 0.25) is 0 Å². The van der Waals surface area contributed by atoms with E-state index in [0.29, 0.717) is 17.2 Å². The Labute approximate surface area is 112 Å². The first kappa shape index (κ1) is 11.2. The number of nitrogens with zero attached hydrogens (tertiary/aromatic N) is 2. The van der Waals surface area contributed by atoms with E-state index in [-0.39, 0.29) is 0 Å². The largest absolute Gasteiger partial charge is 0.339 e. The molecule has 19 heavy (non-hydrogen) atoms. The Balaban J connectivity index is 1.57. The second-order valence-corrected chi connectivity index (χ2v) is 5.69. The minimum absolute atomic E-state index is 0.450. The van der Waals surface area contributed by atoms with Crippen LogP contribution in [0.15, 0.2) is 34.9 Å². The highest BCUT2D eigenvalue weighted by Gasteiger charge is 2.57. The molecule has 1 aromatic carbocycles. The molecular weight excluding hydrogens is 238 g/mol. The summed E-state index contributed by atoms with van der Waals surface area (Å²) in [6.45, 7) is 2.24. The van der Waals surface area contributed by atoms with Crippen LogP contribution in [0.25, 0.3) is 11.4 Å². The number of hydrogen-bond acceptors (Lipinski definition) is 4. The smallest absolute Gasteiger partial charge is 0.230 e. The van der Waals surface area contributed by atoms with Crippen LogP contribution in [0.1, 0.15) is 31.1 Å². The zero-order valence-corrected chi connectivity index (χ0v) is 10.8. The van der Waals surface area contributed by atoms with Crippen molar-refractivity contribution in [3.63, 3.8) is 0 Å². The summed E-state index contributed by atoms with van der Waals surface area (Å²) in [4.78, 5) is 4.59. The van der Waals surface area contributed by atoms with E-state index in [1.54, 1.807) is 0 Å². The Morgan fingerprint density at radius 3 is 2.74 bits per heavy atom. The summed E-state index contributed by atoms with van der Waals surface area (Å²) >= 11 is 0. The van der Waals surface area contributed by atoms with Crippen molar-refractivity contribution in [1.29, 1.82) is 0 Å². The summed E-state index contributed by atoms with van der Waals surface area (Å²) in [5.41, 5.74) is 1.48. The standard InChI is InChI=1S/C15H17N3O/c1-2-4-11(5-3-1)13-17-14(19-18-13)12-10-15(12)6-8-16-9-7-15/h1-5,12,16H,6-10H2. The third-order valence-electron chi connectivity index (χ3n) is 4.56. The van der Waals surface area contributed by atoms with Crippen molar-refractivity contribution in [2.24, 2.45) is 5.41 Å². The SMILES string of the molecule is c1ccc(-c2noc(C3CC34CCNCC4)n2)cc1. The molecule has 4 heteroatoms. The molecule has 2 aliphatic rings. The van der Waals surface area contributed by atoms with Crippen LogP contribution >= 0.6 is 0 Å². The number of hydrogen-bond donors (Lipinski definition) is 1. The monoisotopic (exact) mass is 255 g/mol. The highest BCUT2D eigenvalue weighted by molar-refractivity contribution is 5.53. The molecule has 2 aromatic rings. The molecule has 2 heterocycles. The molecule has 0 bridgehead atoms. The van der Waals surface area contributed by atoms with Gasteiger partial charge >= 0.3 is 0 Å². The number of aromatic nitrogens is 2. The minimum atomic E-state index is 0.450. The molecule has 1 aliphatic heterocycles. The van der Waals surface area contributed by atoms with Gasteiger partial charge in [0.25, 0.3) is 0 Å². The molecule has 0 amide bonds. The molecule has 0 radical (unpaired) electrons. The summed E-state index contributed by atoms with van der Waals surface area (Å²) < 4.78 is 5.49. The van der Waals surface area contributed by atoms with Crippen molar-refractivity contribution in [1.82, 2.24) is 15.5 Å². The molecule has 98 valence electrons. The second-order valence-electron chi connectivity index (χ2n) is 5.69. The number of rotatable bonds is 2. The van der Waals surface area contributed by atoms with Crippen LogP contribution in [0.5, 0.6) is 0 Å². The Kier molecular flexibility index (Phi) is 2.45. The first-order valence-electron chi connectivity index (χ1n) is 6.97. The number of piperidine rings is 1. The van der Waals surface area contributed by atoms with E-state index in [2.05, 4.69) is 15.5 Å². The van der Waals surface area contributed by atoms with Gasteiger partial charge < -0.3 is 9.84 Å². The van der Waals surface area contributed by atoms with Crippen LogP contribution in [0.4, 0.5) is 0 Å². The van der Waals surface area contributed by atoms with Crippen molar-refractivity contribution in [3.05, 3.63) is 36.2 Å². The van der Waals surface area contributed by atoms with Gasteiger partial charge in [0, 0.05) is 11.5 Å². The van der Waals surface area contributed by atoms with Crippen LogP contribution < -0.4 is 5.32 Å². The van der Waals surface area contributed by atoms with Crippen molar-refractivity contribution in [2.45, 2.75) is 25.2 Å². The minimum Gasteiger partial charge on any atom is -0.339 e. The van der Waals surface area contributed by atoms with Gasteiger partial charge in [-0.15, -0.1) is 0 Å². The fourth-order valence-corrected chi connectivity index (χ4v) is 3.26. The summed E-state index contributed by atoms with van der Waals surface area (Å²) in [6.07, 6.45) is 3.69. The van der Waals surface area contributed by atoms with E-state index in [4.69, 9.17) is 4.52 Å². The summed E-state index contributed by atoms with van der Waals surface area (Å²) in [6, 6.07) is 10.0. The molecule has 1 aliphatic carbocycles. The van der Waals surface area contributed by atoms with Gasteiger partial charge in [-0.3, -0.25) is 0 Å². The Bertz CT molecular complexity index is 572. The first-order valence-corrected chi connectivity index (χ1v) is 6.97. The molecule has 4 nitrogen and oxygen atoms in total. The van der Waals surface area contributed by atoms with Gasteiger partial charge in [0.05, 0.1) is 0 Å². The average molecular weight is 255 g/mol. The molecule has 1 spiro atoms. The van der Waals surface area contributed by atoms with E-state index in [0.717, 1.165) is 24.5 Å². The van der Waals surface area contributed by atoms with Crippen molar-refractivity contribution >= 4 is 0 Å². The molecule has 1 saturated heterocycles. The predicted molar refractivity (Wildman–Crippen MR) is 71.6 cm³/mol. The number of benzene rings is 1. The maximum absolute atomic E-state index is 5.49. The van der Waals surface area contributed by atoms with Crippen LogP contribution in [0, 0.1) is 5.41 Å². The molecule has 1 N–H and O–H groups in total. The maximum atomic E-state index is 5.49. The Morgan fingerprint density at radius 1 is 1.16 bits per heavy atom. The Hall–Kier alpha value is -1.68. The summed E-state index contributed by atoms with van der Waals surface area (Å²) in [5, 5.41) is 7.54. The highest BCUT2D eigenvalue weighted by atomic mass is 16.5. The van der Waals surface area contributed by atoms with Crippen molar-refractivity contribution < 1.29 is 4.52 Å². The van der Waals surface area contributed by atoms with Gasteiger partial charge in [-0.05, 0) is 37.8 Å². The molecule has 1 unspecified atom stereocenters. The average Bonchev–Trinajstić information content (AvgIpc) is 2.96. The zero-order valence-electron chi connectivity index (χ0n) is 10.8. The fraction of sp³-hybridized carbons (Fsp3) is 0.467. The zero-order chi connectivity index (χ0) is 12.7. The van der Waals surface area contributed by atoms with Crippen molar-refractivity contribution in [3.8, 4) is 11.4 Å². The normalized spacial score (nSPS) is 24.5. The van der Waals surface area contributed by atoms with E-state index < -0.39 is 0 Å². The second kappa shape index (κ2) is 4.17. The molecular formula is C15H17N3O. The first-order chi connectivity index (χ1) is 9.37.